The van der Waals surface area contributed by atoms with E-state index in [1.807, 2.05) is 11.3 Å². The molecule has 2 nitrogen and oxygen atoms in total. The van der Waals surface area contributed by atoms with Crippen molar-refractivity contribution in [3.63, 3.8) is 0 Å². The van der Waals surface area contributed by atoms with Crippen molar-refractivity contribution in [2.24, 2.45) is 0 Å². The van der Waals surface area contributed by atoms with E-state index < -0.39 is 0 Å². The molecule has 0 aliphatic rings. The average Bonchev–Trinajstić information content (AvgIpc) is 3.26. The number of rotatable bonds is 13. The largest absolute Gasteiger partial charge is 0.493 e. The molecule has 0 atom stereocenters. The average molecular weight is 454 g/mol. The second kappa shape index (κ2) is 15.9. The van der Waals surface area contributed by atoms with Gasteiger partial charge in [-0.2, -0.15) is 0 Å². The summed E-state index contributed by atoms with van der Waals surface area (Å²) in [5, 5.41) is 4.88. The molecule has 176 valence electrons. The van der Waals surface area contributed by atoms with Gasteiger partial charge in [-0.15, -0.1) is 11.3 Å². The quantitative estimate of drug-likeness (QED) is 0.260. The summed E-state index contributed by atoms with van der Waals surface area (Å²) in [6, 6.07) is 17.5. The SMILES string of the molecule is CCCCCC.CCCCNCc1cc(-c2cc3ccccc3s2)ccc1OCCCC. The minimum atomic E-state index is 0.792. The molecular formula is C29H43NOS. The van der Waals surface area contributed by atoms with Crippen molar-refractivity contribution in [2.75, 3.05) is 13.2 Å². The number of thiophene rings is 1. The predicted molar refractivity (Wildman–Crippen MR) is 144 cm³/mol. The van der Waals surface area contributed by atoms with Crippen molar-refractivity contribution in [2.45, 2.75) is 85.6 Å². The van der Waals surface area contributed by atoms with Crippen molar-refractivity contribution in [3.8, 4) is 16.2 Å². The van der Waals surface area contributed by atoms with Gasteiger partial charge in [0.25, 0.3) is 0 Å². The molecule has 0 bridgehead atoms. The zero-order valence-electron chi connectivity index (χ0n) is 20.7. The Kier molecular flexibility index (Phi) is 13.1. The number of benzene rings is 2. The van der Waals surface area contributed by atoms with Gasteiger partial charge in [-0.25, -0.2) is 0 Å². The minimum Gasteiger partial charge on any atom is -0.493 e. The highest BCUT2D eigenvalue weighted by atomic mass is 32.1. The van der Waals surface area contributed by atoms with Crippen molar-refractivity contribution in [1.29, 1.82) is 0 Å². The van der Waals surface area contributed by atoms with Gasteiger partial charge in [0.05, 0.1) is 6.61 Å². The van der Waals surface area contributed by atoms with Crippen LogP contribution >= 0.6 is 11.3 Å². The molecule has 0 aliphatic heterocycles. The molecule has 0 aliphatic carbocycles. The number of hydrogen-bond donors (Lipinski definition) is 1. The Bertz CT molecular complexity index is 849. The maximum absolute atomic E-state index is 6.05. The van der Waals surface area contributed by atoms with Crippen molar-refractivity contribution in [1.82, 2.24) is 5.32 Å². The van der Waals surface area contributed by atoms with Gasteiger partial charge in [0.1, 0.15) is 5.75 Å². The molecule has 0 unspecified atom stereocenters. The molecule has 0 fully saturated rings. The first-order valence-corrected chi connectivity index (χ1v) is 13.5. The standard InChI is InChI=1S/C23H29NOS.C6H14/c1-3-5-13-24-17-20-15-19(11-12-21(20)25-14-6-4-2)23-16-18-9-7-8-10-22(18)26-23;1-3-5-6-4-2/h7-12,15-16,24H,3-6,13-14,17H2,1-2H3;3-6H2,1-2H3. The molecule has 1 aromatic heterocycles. The lowest BCUT2D eigenvalue weighted by Gasteiger charge is -2.13. The highest BCUT2D eigenvalue weighted by molar-refractivity contribution is 7.22. The van der Waals surface area contributed by atoms with Crippen molar-refractivity contribution < 1.29 is 4.74 Å². The van der Waals surface area contributed by atoms with E-state index in [0.29, 0.717) is 0 Å². The van der Waals surface area contributed by atoms with E-state index >= 15 is 0 Å². The van der Waals surface area contributed by atoms with Gasteiger partial charge in [0.15, 0.2) is 0 Å². The third-order valence-electron chi connectivity index (χ3n) is 5.51. The van der Waals surface area contributed by atoms with Crippen LogP contribution in [0.3, 0.4) is 0 Å². The summed E-state index contributed by atoms with van der Waals surface area (Å²) in [5.74, 6) is 1.02. The fourth-order valence-electron chi connectivity index (χ4n) is 3.49. The number of fused-ring (bicyclic) bond motifs is 1. The van der Waals surface area contributed by atoms with Crippen LogP contribution in [-0.4, -0.2) is 13.2 Å². The van der Waals surface area contributed by atoms with Crippen LogP contribution in [-0.2, 0) is 6.54 Å². The minimum absolute atomic E-state index is 0.792. The Labute approximate surface area is 200 Å². The normalized spacial score (nSPS) is 10.8. The van der Waals surface area contributed by atoms with Crippen LogP contribution in [0.25, 0.3) is 20.5 Å². The van der Waals surface area contributed by atoms with Gasteiger partial charge >= 0.3 is 0 Å². The van der Waals surface area contributed by atoms with Gasteiger partial charge in [-0.1, -0.05) is 84.4 Å². The van der Waals surface area contributed by atoms with Crippen LogP contribution in [0.2, 0.25) is 0 Å². The number of nitrogens with one attached hydrogen (secondary N) is 1. The fraction of sp³-hybridized carbons (Fsp3) is 0.517. The number of ether oxygens (including phenoxy) is 1. The molecule has 3 rings (SSSR count). The summed E-state index contributed by atoms with van der Waals surface area (Å²) < 4.78 is 7.39. The third kappa shape index (κ3) is 8.96. The molecule has 0 amide bonds. The first-order valence-electron chi connectivity index (χ1n) is 12.7. The second-order valence-corrected chi connectivity index (χ2v) is 9.49. The molecule has 1 heterocycles. The Balaban J connectivity index is 0.000000534. The Morgan fingerprint density at radius 3 is 2.19 bits per heavy atom. The van der Waals surface area contributed by atoms with Gasteiger partial charge < -0.3 is 10.1 Å². The van der Waals surface area contributed by atoms with E-state index in [4.69, 9.17) is 4.74 Å². The summed E-state index contributed by atoms with van der Waals surface area (Å²) in [7, 11) is 0. The summed E-state index contributed by atoms with van der Waals surface area (Å²) in [5.41, 5.74) is 2.54. The summed E-state index contributed by atoms with van der Waals surface area (Å²) in [4.78, 5) is 1.32. The van der Waals surface area contributed by atoms with Crippen molar-refractivity contribution in [3.05, 3.63) is 54.1 Å². The lowest BCUT2D eigenvalue weighted by Crippen LogP contribution is -2.15. The summed E-state index contributed by atoms with van der Waals surface area (Å²) in [6.07, 6.45) is 10.2. The van der Waals surface area contributed by atoms with Crippen LogP contribution in [0, 0.1) is 0 Å². The van der Waals surface area contributed by atoms with Crippen LogP contribution < -0.4 is 10.1 Å². The summed E-state index contributed by atoms with van der Waals surface area (Å²) >= 11 is 1.86. The molecule has 0 saturated carbocycles. The highest BCUT2D eigenvalue weighted by Crippen LogP contribution is 2.35. The van der Waals surface area contributed by atoms with Gasteiger partial charge in [0.2, 0.25) is 0 Å². The molecule has 3 heteroatoms. The van der Waals surface area contributed by atoms with Crippen LogP contribution in [0.5, 0.6) is 5.75 Å². The maximum atomic E-state index is 6.05. The Morgan fingerprint density at radius 2 is 1.50 bits per heavy atom. The molecule has 2 aromatic carbocycles. The zero-order valence-corrected chi connectivity index (χ0v) is 21.5. The zero-order chi connectivity index (χ0) is 23.0. The van der Waals surface area contributed by atoms with Crippen molar-refractivity contribution >= 4 is 21.4 Å². The van der Waals surface area contributed by atoms with Crippen LogP contribution in [0.4, 0.5) is 0 Å². The lowest BCUT2D eigenvalue weighted by molar-refractivity contribution is 0.305. The third-order valence-corrected chi connectivity index (χ3v) is 6.67. The second-order valence-electron chi connectivity index (χ2n) is 8.41. The van der Waals surface area contributed by atoms with E-state index in [-0.39, 0.29) is 0 Å². The number of unbranched alkanes of at least 4 members (excludes halogenated alkanes) is 5. The predicted octanol–water partition coefficient (Wildman–Crippen LogP) is 9.22. The Morgan fingerprint density at radius 1 is 0.781 bits per heavy atom. The van der Waals surface area contributed by atoms with E-state index in [1.54, 1.807) is 0 Å². The van der Waals surface area contributed by atoms with E-state index in [2.05, 4.69) is 81.5 Å². The molecule has 0 radical (unpaired) electrons. The van der Waals surface area contributed by atoms with E-state index in [1.165, 1.54) is 64.6 Å². The molecular weight excluding hydrogens is 410 g/mol. The maximum Gasteiger partial charge on any atom is 0.123 e. The molecule has 1 N–H and O–H groups in total. The van der Waals surface area contributed by atoms with Crippen LogP contribution in [0.15, 0.2) is 48.5 Å². The molecule has 32 heavy (non-hydrogen) atoms. The monoisotopic (exact) mass is 453 g/mol. The lowest BCUT2D eigenvalue weighted by atomic mass is 10.1. The highest BCUT2D eigenvalue weighted by Gasteiger charge is 2.09. The van der Waals surface area contributed by atoms with Crippen LogP contribution in [0.1, 0.15) is 84.6 Å². The smallest absolute Gasteiger partial charge is 0.123 e. The summed E-state index contributed by atoms with van der Waals surface area (Å²) in [6.45, 7) is 11.6. The fourth-order valence-corrected chi connectivity index (χ4v) is 4.55. The first-order chi connectivity index (χ1) is 15.7. The van der Waals surface area contributed by atoms with Gasteiger partial charge in [-0.3, -0.25) is 0 Å². The first kappa shape index (κ1) is 26.4. The topological polar surface area (TPSA) is 21.3 Å². The number of hydrogen-bond acceptors (Lipinski definition) is 3. The molecule has 0 spiro atoms. The molecule has 3 aromatic rings. The van der Waals surface area contributed by atoms with Gasteiger partial charge in [0, 0.05) is 21.7 Å². The molecule has 0 saturated heterocycles. The van der Waals surface area contributed by atoms with E-state index in [9.17, 15) is 0 Å². The van der Waals surface area contributed by atoms with E-state index in [0.717, 1.165) is 38.3 Å². The Hall–Kier alpha value is -1.84. The van der Waals surface area contributed by atoms with Gasteiger partial charge in [-0.05, 0) is 60.7 Å².